The second-order valence-corrected chi connectivity index (χ2v) is 8.84. The molecule has 0 aromatic carbocycles. The molecule has 26 heavy (non-hydrogen) atoms. The predicted molar refractivity (Wildman–Crippen MR) is 104 cm³/mol. The minimum Gasteiger partial charge on any atom is -0.462 e. The Morgan fingerprint density at radius 1 is 1.31 bits per heavy atom. The van der Waals surface area contributed by atoms with Crippen LogP contribution in [0.1, 0.15) is 53.3 Å². The molecule has 1 amide bonds. The topological polar surface area (TPSA) is 72.5 Å². The van der Waals surface area contributed by atoms with Crippen molar-refractivity contribution < 1.29 is 19.1 Å². The number of halogens is 2. The highest BCUT2D eigenvalue weighted by atomic mass is 35.5. The van der Waals surface area contributed by atoms with Crippen LogP contribution in [0.15, 0.2) is 10.6 Å². The number of carbonyl (C=O) groups excluding carboxylic acids is 3. The molecule has 8 heteroatoms. The molecule has 1 aliphatic carbocycles. The average Bonchev–Trinajstić information content (AvgIpc) is 2.87. The molecule has 0 radical (unpaired) electrons. The molecular weight excluding hydrogens is 397 g/mol. The van der Waals surface area contributed by atoms with E-state index < -0.39 is 5.97 Å². The first-order chi connectivity index (χ1) is 12.0. The van der Waals surface area contributed by atoms with E-state index in [1.165, 1.54) is 6.92 Å². The number of hydrogen-bond donors (Lipinski definition) is 1. The highest BCUT2D eigenvalue weighted by Gasteiger charge is 2.60. The van der Waals surface area contributed by atoms with Gasteiger partial charge in [-0.3, -0.25) is 9.59 Å². The molecule has 142 valence electrons. The lowest BCUT2D eigenvalue weighted by atomic mass is 10.1. The summed E-state index contributed by atoms with van der Waals surface area (Å²) in [4.78, 5) is 37.3. The third-order valence-electron chi connectivity index (χ3n) is 4.68. The summed E-state index contributed by atoms with van der Waals surface area (Å²) >= 11 is 12.5. The van der Waals surface area contributed by atoms with E-state index in [1.807, 2.05) is 13.8 Å². The molecule has 0 bridgehead atoms. The van der Waals surface area contributed by atoms with Crippen LogP contribution in [0.2, 0.25) is 0 Å². The van der Waals surface area contributed by atoms with Gasteiger partial charge in [0.2, 0.25) is 5.91 Å². The molecule has 5 nitrogen and oxygen atoms in total. The third kappa shape index (κ3) is 3.97. The number of ether oxygens (including phenoxy) is 1. The normalized spacial score (nSPS) is 20.3. The zero-order valence-electron chi connectivity index (χ0n) is 15.2. The summed E-state index contributed by atoms with van der Waals surface area (Å²) in [5, 5.41) is 3.13. The predicted octanol–water partition coefficient (Wildman–Crippen LogP) is 4.97. The zero-order chi connectivity index (χ0) is 19.8. The van der Waals surface area contributed by atoms with Crippen molar-refractivity contribution >= 4 is 57.2 Å². The number of thiophene rings is 1. The van der Waals surface area contributed by atoms with E-state index in [0.717, 1.165) is 11.3 Å². The molecule has 1 heterocycles. The minimum atomic E-state index is -0.556. The molecule has 2 atom stereocenters. The van der Waals surface area contributed by atoms with Crippen LogP contribution >= 0.6 is 34.5 Å². The van der Waals surface area contributed by atoms with Crippen LogP contribution in [0, 0.1) is 24.2 Å². The Kier molecular flexibility index (Phi) is 6.20. The molecule has 2 rings (SSSR count). The number of hydrogen-bond acceptors (Lipinski definition) is 5. The quantitative estimate of drug-likeness (QED) is 0.523. The van der Waals surface area contributed by atoms with Gasteiger partial charge in [-0.25, -0.2) is 4.79 Å². The molecule has 1 aromatic rings. The number of ketones is 1. The van der Waals surface area contributed by atoms with E-state index in [4.69, 9.17) is 27.9 Å². The Bertz CT molecular complexity index is 793. The van der Waals surface area contributed by atoms with Gasteiger partial charge in [0, 0.05) is 0 Å². The highest BCUT2D eigenvalue weighted by molar-refractivity contribution is 7.18. The van der Waals surface area contributed by atoms with E-state index in [2.05, 4.69) is 5.32 Å². The second-order valence-electron chi connectivity index (χ2n) is 6.81. The van der Waals surface area contributed by atoms with Crippen molar-refractivity contribution in [2.75, 3.05) is 11.9 Å². The van der Waals surface area contributed by atoms with Crippen LogP contribution in [0.4, 0.5) is 5.00 Å². The van der Waals surface area contributed by atoms with E-state index in [-0.39, 0.29) is 45.6 Å². The lowest BCUT2D eigenvalue weighted by Crippen LogP contribution is -2.18. The number of carbonyl (C=O) groups is 3. The number of rotatable bonds is 6. The van der Waals surface area contributed by atoms with E-state index >= 15 is 0 Å². The van der Waals surface area contributed by atoms with Crippen LogP contribution in [0.25, 0.3) is 0 Å². The van der Waals surface area contributed by atoms with Crippen molar-refractivity contribution in [2.45, 2.75) is 34.6 Å². The minimum absolute atomic E-state index is 0.0909. The van der Waals surface area contributed by atoms with Gasteiger partial charge in [0.15, 0.2) is 5.78 Å². The van der Waals surface area contributed by atoms with Crippen LogP contribution in [-0.4, -0.2) is 24.3 Å². The molecule has 2 unspecified atom stereocenters. The molecule has 1 N–H and O–H groups in total. The largest absolute Gasteiger partial charge is 0.462 e. The molecule has 1 fully saturated rings. The van der Waals surface area contributed by atoms with Crippen molar-refractivity contribution in [3.05, 3.63) is 26.6 Å². The lowest BCUT2D eigenvalue weighted by Gasteiger charge is -2.07. The maximum Gasteiger partial charge on any atom is 0.341 e. The summed E-state index contributed by atoms with van der Waals surface area (Å²) in [7, 11) is 0. The zero-order valence-corrected chi connectivity index (χ0v) is 17.6. The Labute approximate surface area is 166 Å². The molecule has 1 saturated carbocycles. The Morgan fingerprint density at radius 2 is 1.92 bits per heavy atom. The smallest absolute Gasteiger partial charge is 0.341 e. The van der Waals surface area contributed by atoms with Crippen LogP contribution in [0.5, 0.6) is 0 Å². The second kappa shape index (κ2) is 7.71. The van der Waals surface area contributed by atoms with Gasteiger partial charge in [-0.05, 0) is 43.7 Å². The molecule has 0 saturated heterocycles. The van der Waals surface area contributed by atoms with Crippen LogP contribution in [0.3, 0.4) is 0 Å². The molecular formula is C18H21Cl2NO4S. The van der Waals surface area contributed by atoms with Crippen molar-refractivity contribution in [3.63, 3.8) is 0 Å². The van der Waals surface area contributed by atoms with Gasteiger partial charge < -0.3 is 10.1 Å². The van der Waals surface area contributed by atoms with Crippen molar-refractivity contribution in [1.29, 1.82) is 0 Å². The third-order valence-corrected chi connectivity index (χ3v) is 6.24. The molecule has 1 aliphatic rings. The van der Waals surface area contributed by atoms with Gasteiger partial charge in [-0.15, -0.1) is 11.3 Å². The van der Waals surface area contributed by atoms with Gasteiger partial charge in [0.1, 0.15) is 9.49 Å². The number of amides is 1. The van der Waals surface area contributed by atoms with Crippen LogP contribution < -0.4 is 5.32 Å². The Morgan fingerprint density at radius 3 is 2.42 bits per heavy atom. The van der Waals surface area contributed by atoms with Gasteiger partial charge in [-0.2, -0.15) is 0 Å². The summed E-state index contributed by atoms with van der Waals surface area (Å²) in [6.07, 6.45) is 1.65. The maximum absolute atomic E-state index is 12.7. The lowest BCUT2D eigenvalue weighted by molar-refractivity contribution is -0.118. The maximum atomic E-state index is 12.7. The van der Waals surface area contributed by atoms with Crippen molar-refractivity contribution in [2.24, 2.45) is 17.3 Å². The summed E-state index contributed by atoms with van der Waals surface area (Å²) in [6, 6.07) is 0. The fourth-order valence-corrected chi connectivity index (χ4v) is 4.57. The van der Waals surface area contributed by atoms with Gasteiger partial charge >= 0.3 is 5.97 Å². The van der Waals surface area contributed by atoms with E-state index in [1.54, 1.807) is 19.9 Å². The van der Waals surface area contributed by atoms with E-state index in [9.17, 15) is 14.4 Å². The van der Waals surface area contributed by atoms with Crippen molar-refractivity contribution in [3.8, 4) is 0 Å². The Balaban J connectivity index is 2.33. The summed E-state index contributed by atoms with van der Waals surface area (Å²) in [6.45, 7) is 8.89. The van der Waals surface area contributed by atoms with Gasteiger partial charge in [0.25, 0.3) is 0 Å². The van der Waals surface area contributed by atoms with Crippen LogP contribution in [-0.2, 0) is 9.53 Å². The summed E-state index contributed by atoms with van der Waals surface area (Å²) in [5.74, 6) is -1.38. The fraction of sp³-hybridized carbons (Fsp3) is 0.500. The summed E-state index contributed by atoms with van der Waals surface area (Å²) < 4.78 is 5.20. The number of esters is 1. The SMILES string of the molecule is CCOC(=O)c1c(NC(=O)C2C(C=C(Cl)Cl)C2(C)C)sc(C(C)=O)c1C. The standard InChI is InChI=1S/C18H21Cl2NO4S/c1-6-25-17(24)12-8(2)14(9(3)22)26-16(12)21-15(23)13-10(7-11(19)20)18(13,4)5/h7,10,13H,6H2,1-5H3,(H,21,23). The molecule has 1 aromatic heterocycles. The number of allylic oxidation sites excluding steroid dienone is 1. The first-order valence-corrected chi connectivity index (χ1v) is 9.74. The first-order valence-electron chi connectivity index (χ1n) is 8.17. The Hall–Kier alpha value is -1.37. The average molecular weight is 418 g/mol. The number of Topliss-reactive ketones (excluding diaryl/α,β-unsaturated/α-hetero) is 1. The van der Waals surface area contributed by atoms with Gasteiger partial charge in [0.05, 0.1) is 23.0 Å². The van der Waals surface area contributed by atoms with Crippen molar-refractivity contribution in [1.82, 2.24) is 0 Å². The highest BCUT2D eigenvalue weighted by Crippen LogP contribution is 2.60. The van der Waals surface area contributed by atoms with Gasteiger partial charge in [-0.1, -0.05) is 37.0 Å². The molecule has 0 aliphatic heterocycles. The number of nitrogens with one attached hydrogen (secondary N) is 1. The molecule has 0 spiro atoms. The number of anilines is 1. The fourth-order valence-electron chi connectivity index (χ4n) is 3.20. The first kappa shape index (κ1) is 20.9. The summed E-state index contributed by atoms with van der Waals surface area (Å²) in [5.41, 5.74) is 0.460. The monoisotopic (exact) mass is 417 g/mol. The van der Waals surface area contributed by atoms with E-state index in [0.29, 0.717) is 15.4 Å².